The van der Waals surface area contributed by atoms with Gasteiger partial charge in [-0.15, -0.1) is 10.2 Å². The first-order valence-corrected chi connectivity index (χ1v) is 11.4. The Hall–Kier alpha value is -3.81. The fraction of sp³-hybridized carbons (Fsp3) is 0.320. The number of benzene rings is 2. The molecule has 8 heteroatoms. The van der Waals surface area contributed by atoms with E-state index in [-0.39, 0.29) is 11.2 Å². The summed E-state index contributed by atoms with van der Waals surface area (Å²) in [6.07, 6.45) is 3.15. The van der Waals surface area contributed by atoms with Gasteiger partial charge in [-0.3, -0.25) is 13.9 Å². The highest BCUT2D eigenvalue weighted by Gasteiger charge is 2.18. The van der Waals surface area contributed by atoms with Crippen molar-refractivity contribution >= 4 is 0 Å². The van der Waals surface area contributed by atoms with Gasteiger partial charge in [0.25, 0.3) is 5.56 Å². The summed E-state index contributed by atoms with van der Waals surface area (Å²) in [4.78, 5) is 26.2. The van der Waals surface area contributed by atoms with Crippen LogP contribution >= 0.6 is 0 Å². The molecular weight excluding hydrogens is 416 g/mol. The van der Waals surface area contributed by atoms with Gasteiger partial charge in [0.05, 0.1) is 6.54 Å². The third-order valence-electron chi connectivity index (χ3n) is 5.77. The highest BCUT2D eigenvalue weighted by Crippen LogP contribution is 2.31. The van der Waals surface area contributed by atoms with Crippen molar-refractivity contribution in [3.63, 3.8) is 0 Å². The largest absolute Gasteiger partial charge is 0.331 e. The van der Waals surface area contributed by atoms with Crippen molar-refractivity contribution in [3.05, 3.63) is 86.7 Å². The highest BCUT2D eigenvalue weighted by molar-refractivity contribution is 5.76. The second-order valence-corrected chi connectivity index (χ2v) is 8.03. The Morgan fingerprint density at radius 2 is 1.70 bits per heavy atom. The summed E-state index contributed by atoms with van der Waals surface area (Å²) in [5.74, 6) is 0.465. The molecule has 0 aliphatic heterocycles. The van der Waals surface area contributed by atoms with Crippen LogP contribution in [-0.2, 0) is 19.5 Å². The Bertz CT molecular complexity index is 1320. The summed E-state index contributed by atoms with van der Waals surface area (Å²) >= 11 is 0. The zero-order chi connectivity index (χ0) is 23.2. The monoisotopic (exact) mass is 444 g/mol. The number of rotatable bonds is 9. The molecule has 4 aromatic rings. The predicted molar refractivity (Wildman–Crippen MR) is 128 cm³/mol. The molecule has 0 unspecified atom stereocenters. The zero-order valence-electron chi connectivity index (χ0n) is 19.0. The van der Waals surface area contributed by atoms with E-state index in [1.165, 1.54) is 4.57 Å². The molecule has 2 heterocycles. The number of aromatic amines is 1. The van der Waals surface area contributed by atoms with Gasteiger partial charge >= 0.3 is 5.69 Å². The van der Waals surface area contributed by atoms with Crippen LogP contribution in [0.5, 0.6) is 0 Å². The average Bonchev–Trinajstić information content (AvgIpc) is 3.37. The number of nitrogens with one attached hydrogen (secondary N) is 1. The van der Waals surface area contributed by atoms with E-state index >= 15 is 0 Å². The van der Waals surface area contributed by atoms with E-state index in [0.29, 0.717) is 25.3 Å². The van der Waals surface area contributed by atoms with Crippen molar-refractivity contribution in [2.24, 2.45) is 0 Å². The minimum absolute atomic E-state index is 0.233. The first kappa shape index (κ1) is 22.4. The van der Waals surface area contributed by atoms with Gasteiger partial charge in [0.15, 0.2) is 0 Å². The fourth-order valence-electron chi connectivity index (χ4n) is 4.10. The van der Waals surface area contributed by atoms with Crippen LogP contribution < -0.4 is 11.2 Å². The zero-order valence-corrected chi connectivity index (χ0v) is 19.0. The first-order valence-electron chi connectivity index (χ1n) is 11.4. The Balaban J connectivity index is 1.93. The van der Waals surface area contributed by atoms with Gasteiger partial charge in [0.1, 0.15) is 0 Å². The SMILES string of the molecule is CCCCn1c(=O)cc(CCC)n(Cc2c(-c3ccccc3)cccc2-c2nn[nH]n2)c1=O. The van der Waals surface area contributed by atoms with Crippen LogP contribution in [0, 0.1) is 0 Å². The third-order valence-corrected chi connectivity index (χ3v) is 5.77. The van der Waals surface area contributed by atoms with Gasteiger partial charge in [0, 0.05) is 23.9 Å². The molecule has 0 saturated carbocycles. The fourth-order valence-corrected chi connectivity index (χ4v) is 4.10. The van der Waals surface area contributed by atoms with Gasteiger partial charge in [0.2, 0.25) is 5.82 Å². The van der Waals surface area contributed by atoms with Crippen LogP contribution in [0.4, 0.5) is 0 Å². The topological polar surface area (TPSA) is 98.5 Å². The summed E-state index contributed by atoms with van der Waals surface area (Å²) in [7, 11) is 0. The van der Waals surface area contributed by atoms with Gasteiger partial charge in [-0.25, -0.2) is 4.79 Å². The summed E-state index contributed by atoms with van der Waals surface area (Å²) in [6, 6.07) is 17.6. The second-order valence-electron chi connectivity index (χ2n) is 8.03. The maximum Gasteiger partial charge on any atom is 0.331 e. The lowest BCUT2D eigenvalue weighted by molar-refractivity contribution is 0.531. The molecule has 4 rings (SSSR count). The molecule has 2 aromatic heterocycles. The number of aryl methyl sites for hydroxylation is 1. The molecule has 0 saturated heterocycles. The molecule has 1 N–H and O–H groups in total. The van der Waals surface area contributed by atoms with E-state index in [1.54, 1.807) is 10.6 Å². The van der Waals surface area contributed by atoms with Crippen molar-refractivity contribution in [1.29, 1.82) is 0 Å². The Kier molecular flexibility index (Phi) is 6.92. The van der Waals surface area contributed by atoms with Crippen LogP contribution in [0.1, 0.15) is 44.4 Å². The van der Waals surface area contributed by atoms with Gasteiger partial charge in [-0.2, -0.15) is 5.21 Å². The number of hydrogen-bond acceptors (Lipinski definition) is 5. The molecular formula is C25H28N6O2. The number of nitrogens with zero attached hydrogens (tertiary/aromatic N) is 5. The van der Waals surface area contributed by atoms with E-state index in [2.05, 4.69) is 20.6 Å². The van der Waals surface area contributed by atoms with Crippen molar-refractivity contribution in [2.45, 2.75) is 52.6 Å². The van der Waals surface area contributed by atoms with Crippen LogP contribution in [0.2, 0.25) is 0 Å². The lowest BCUT2D eigenvalue weighted by atomic mass is 9.94. The average molecular weight is 445 g/mol. The van der Waals surface area contributed by atoms with Crippen molar-refractivity contribution in [2.75, 3.05) is 0 Å². The van der Waals surface area contributed by atoms with Crippen LogP contribution in [-0.4, -0.2) is 29.8 Å². The number of aromatic nitrogens is 6. The molecule has 2 aromatic carbocycles. The number of H-pyrrole nitrogens is 1. The Morgan fingerprint density at radius 3 is 2.39 bits per heavy atom. The molecule has 8 nitrogen and oxygen atoms in total. The predicted octanol–water partition coefficient (Wildman–Crippen LogP) is 3.66. The Morgan fingerprint density at radius 1 is 0.909 bits per heavy atom. The normalized spacial score (nSPS) is 11.1. The smallest absolute Gasteiger partial charge is 0.293 e. The minimum atomic E-state index is -0.277. The lowest BCUT2D eigenvalue weighted by Gasteiger charge is -2.19. The Labute approximate surface area is 191 Å². The first-order chi connectivity index (χ1) is 16.1. The molecule has 0 amide bonds. The van der Waals surface area contributed by atoms with E-state index in [0.717, 1.165) is 47.2 Å². The molecule has 0 aliphatic carbocycles. The van der Waals surface area contributed by atoms with Crippen molar-refractivity contribution < 1.29 is 0 Å². The molecule has 0 bridgehead atoms. The maximum atomic E-state index is 13.5. The van der Waals surface area contributed by atoms with Gasteiger partial charge in [-0.05, 0) is 34.7 Å². The quantitative estimate of drug-likeness (QED) is 0.425. The van der Waals surface area contributed by atoms with Gasteiger partial charge in [-0.1, -0.05) is 75.2 Å². The van der Waals surface area contributed by atoms with E-state index in [1.807, 2.05) is 62.4 Å². The summed E-state index contributed by atoms with van der Waals surface area (Å²) < 4.78 is 3.08. The van der Waals surface area contributed by atoms with Crippen LogP contribution in [0.15, 0.2) is 64.2 Å². The van der Waals surface area contributed by atoms with E-state index in [4.69, 9.17) is 0 Å². The molecule has 0 aliphatic rings. The number of tetrazole rings is 1. The summed E-state index contributed by atoms with van der Waals surface area (Å²) in [5.41, 5.74) is 3.95. The standard InChI is InChI=1S/C25H28N6O2/c1-3-5-15-30-23(32)16-19(10-4-2)31(25(30)33)17-22-20(18-11-7-6-8-12-18)13-9-14-21(22)24-26-28-29-27-24/h6-9,11-14,16H,3-5,10,15,17H2,1-2H3,(H,26,27,28,29). The molecule has 170 valence electrons. The molecule has 0 atom stereocenters. The number of hydrogen-bond donors (Lipinski definition) is 1. The minimum Gasteiger partial charge on any atom is -0.293 e. The highest BCUT2D eigenvalue weighted by atomic mass is 16.2. The van der Waals surface area contributed by atoms with Crippen molar-refractivity contribution in [3.8, 4) is 22.5 Å². The second kappa shape index (κ2) is 10.2. The molecule has 0 fully saturated rings. The molecule has 0 radical (unpaired) electrons. The van der Waals surface area contributed by atoms with E-state index in [9.17, 15) is 9.59 Å². The van der Waals surface area contributed by atoms with Crippen molar-refractivity contribution in [1.82, 2.24) is 29.8 Å². The number of unbranched alkanes of at least 4 members (excludes halogenated alkanes) is 1. The molecule has 0 spiro atoms. The molecule has 33 heavy (non-hydrogen) atoms. The third kappa shape index (κ3) is 4.69. The van der Waals surface area contributed by atoms with Crippen LogP contribution in [0.3, 0.4) is 0 Å². The van der Waals surface area contributed by atoms with Gasteiger partial charge < -0.3 is 0 Å². The summed E-state index contributed by atoms with van der Waals surface area (Å²) in [6.45, 7) is 4.80. The van der Waals surface area contributed by atoms with E-state index < -0.39 is 0 Å². The maximum absolute atomic E-state index is 13.5. The summed E-state index contributed by atoms with van der Waals surface area (Å²) in [5, 5.41) is 14.6. The lowest BCUT2D eigenvalue weighted by Crippen LogP contribution is -2.41. The van der Waals surface area contributed by atoms with Crippen LogP contribution in [0.25, 0.3) is 22.5 Å².